The Morgan fingerprint density at radius 3 is 2.82 bits per heavy atom. The van der Waals surface area contributed by atoms with Crippen molar-refractivity contribution in [1.82, 2.24) is 4.90 Å². The van der Waals surface area contributed by atoms with E-state index in [1.54, 1.807) is 0 Å². The Bertz CT molecular complexity index is 233. The van der Waals surface area contributed by atoms with Crippen LogP contribution in [0.25, 0.3) is 0 Å². The SMILES string of the molecule is CCCC(C(=O)OCC)N1CCOC(CC)C1. The third-order valence-corrected chi connectivity index (χ3v) is 3.19. The molecule has 1 heterocycles. The predicted molar refractivity (Wildman–Crippen MR) is 66.9 cm³/mol. The second-order valence-corrected chi connectivity index (χ2v) is 4.45. The molecule has 100 valence electrons. The Morgan fingerprint density at radius 2 is 2.24 bits per heavy atom. The van der Waals surface area contributed by atoms with Crippen LogP contribution >= 0.6 is 0 Å². The van der Waals surface area contributed by atoms with Gasteiger partial charge < -0.3 is 9.47 Å². The monoisotopic (exact) mass is 243 g/mol. The third-order valence-electron chi connectivity index (χ3n) is 3.19. The highest BCUT2D eigenvalue weighted by Crippen LogP contribution is 2.15. The number of esters is 1. The van der Waals surface area contributed by atoms with Crippen LogP contribution in [-0.4, -0.2) is 49.3 Å². The molecule has 0 aromatic rings. The summed E-state index contributed by atoms with van der Waals surface area (Å²) in [7, 11) is 0. The highest BCUT2D eigenvalue weighted by Gasteiger charge is 2.30. The fourth-order valence-electron chi connectivity index (χ4n) is 2.23. The normalized spacial score (nSPS) is 23.4. The van der Waals surface area contributed by atoms with Crippen molar-refractivity contribution in [2.24, 2.45) is 0 Å². The summed E-state index contributed by atoms with van der Waals surface area (Å²) in [5.74, 6) is -0.0777. The minimum Gasteiger partial charge on any atom is -0.465 e. The molecule has 0 radical (unpaired) electrons. The van der Waals surface area contributed by atoms with Gasteiger partial charge in [-0.15, -0.1) is 0 Å². The number of carbonyl (C=O) groups excluding carboxylic acids is 1. The van der Waals surface area contributed by atoms with E-state index < -0.39 is 0 Å². The lowest BCUT2D eigenvalue weighted by atomic mass is 10.1. The van der Waals surface area contributed by atoms with Crippen LogP contribution < -0.4 is 0 Å². The van der Waals surface area contributed by atoms with Gasteiger partial charge in [-0.1, -0.05) is 20.3 Å². The van der Waals surface area contributed by atoms with E-state index in [0.29, 0.717) is 6.61 Å². The fourth-order valence-corrected chi connectivity index (χ4v) is 2.23. The molecular weight excluding hydrogens is 218 g/mol. The molecule has 1 fully saturated rings. The molecule has 1 aliphatic heterocycles. The number of hydrogen-bond acceptors (Lipinski definition) is 4. The maximum atomic E-state index is 11.9. The third kappa shape index (κ3) is 4.28. The van der Waals surface area contributed by atoms with Gasteiger partial charge in [0.15, 0.2) is 0 Å². The van der Waals surface area contributed by atoms with Gasteiger partial charge in [0.2, 0.25) is 0 Å². The van der Waals surface area contributed by atoms with E-state index in [9.17, 15) is 4.79 Å². The molecule has 0 bridgehead atoms. The first kappa shape index (κ1) is 14.5. The zero-order chi connectivity index (χ0) is 12.7. The number of ether oxygens (including phenoxy) is 2. The van der Waals surface area contributed by atoms with Crippen LogP contribution in [0.1, 0.15) is 40.0 Å². The molecule has 0 spiro atoms. The molecule has 2 unspecified atom stereocenters. The molecule has 1 aliphatic rings. The molecule has 4 nitrogen and oxygen atoms in total. The fraction of sp³-hybridized carbons (Fsp3) is 0.923. The summed E-state index contributed by atoms with van der Waals surface area (Å²) < 4.78 is 10.8. The van der Waals surface area contributed by atoms with Crippen molar-refractivity contribution in [3.63, 3.8) is 0 Å². The summed E-state index contributed by atoms with van der Waals surface area (Å²) in [4.78, 5) is 14.1. The maximum absolute atomic E-state index is 11.9. The number of morpholine rings is 1. The van der Waals surface area contributed by atoms with Crippen LogP contribution in [0.15, 0.2) is 0 Å². The minimum absolute atomic E-state index is 0.0777. The van der Waals surface area contributed by atoms with Crippen molar-refractivity contribution in [3.8, 4) is 0 Å². The van der Waals surface area contributed by atoms with Crippen LogP contribution in [-0.2, 0) is 14.3 Å². The second kappa shape index (κ2) is 7.67. The first-order valence-electron chi connectivity index (χ1n) is 6.75. The molecule has 0 aromatic heterocycles. The van der Waals surface area contributed by atoms with E-state index in [0.717, 1.165) is 39.0 Å². The number of nitrogens with zero attached hydrogens (tertiary/aromatic N) is 1. The average Bonchev–Trinajstić information content (AvgIpc) is 2.36. The van der Waals surface area contributed by atoms with Gasteiger partial charge in [-0.05, 0) is 19.8 Å². The van der Waals surface area contributed by atoms with E-state index in [2.05, 4.69) is 18.7 Å². The molecule has 1 rings (SSSR count). The van der Waals surface area contributed by atoms with Crippen LogP contribution in [0.2, 0.25) is 0 Å². The average molecular weight is 243 g/mol. The molecule has 0 saturated carbocycles. The first-order chi connectivity index (χ1) is 8.22. The number of hydrogen-bond donors (Lipinski definition) is 0. The summed E-state index contributed by atoms with van der Waals surface area (Å²) in [6, 6.07) is -0.0853. The molecule has 1 saturated heterocycles. The summed E-state index contributed by atoms with van der Waals surface area (Å²) in [6.45, 7) is 8.94. The van der Waals surface area contributed by atoms with Crippen molar-refractivity contribution in [3.05, 3.63) is 0 Å². The lowest BCUT2D eigenvalue weighted by Gasteiger charge is -2.36. The van der Waals surface area contributed by atoms with E-state index in [1.165, 1.54) is 0 Å². The second-order valence-electron chi connectivity index (χ2n) is 4.45. The summed E-state index contributed by atoms with van der Waals surface area (Å²) >= 11 is 0. The van der Waals surface area contributed by atoms with Crippen LogP contribution in [0.4, 0.5) is 0 Å². The van der Waals surface area contributed by atoms with Crippen LogP contribution in [0.5, 0.6) is 0 Å². The van der Waals surface area contributed by atoms with Gasteiger partial charge in [0, 0.05) is 13.1 Å². The van der Waals surface area contributed by atoms with Gasteiger partial charge in [0.05, 0.1) is 19.3 Å². The van der Waals surface area contributed by atoms with Crippen molar-refractivity contribution >= 4 is 5.97 Å². The summed E-state index contributed by atoms with van der Waals surface area (Å²) in [5.41, 5.74) is 0. The van der Waals surface area contributed by atoms with Crippen LogP contribution in [0.3, 0.4) is 0 Å². The molecule has 0 aliphatic carbocycles. The van der Waals surface area contributed by atoms with Gasteiger partial charge in [-0.25, -0.2) is 0 Å². The van der Waals surface area contributed by atoms with Gasteiger partial charge in [0.25, 0.3) is 0 Å². The van der Waals surface area contributed by atoms with Crippen LogP contribution in [0, 0.1) is 0 Å². The maximum Gasteiger partial charge on any atom is 0.323 e. The summed E-state index contributed by atoms with van der Waals surface area (Å²) in [5, 5.41) is 0. The highest BCUT2D eigenvalue weighted by molar-refractivity contribution is 5.75. The first-order valence-corrected chi connectivity index (χ1v) is 6.75. The molecule has 0 aromatic carbocycles. The highest BCUT2D eigenvalue weighted by atomic mass is 16.5. The largest absolute Gasteiger partial charge is 0.465 e. The Labute approximate surface area is 104 Å². The smallest absolute Gasteiger partial charge is 0.323 e. The minimum atomic E-state index is -0.0853. The lowest BCUT2D eigenvalue weighted by Crippen LogP contribution is -2.51. The van der Waals surface area contributed by atoms with Gasteiger partial charge in [-0.2, -0.15) is 0 Å². The van der Waals surface area contributed by atoms with Crippen molar-refractivity contribution in [2.75, 3.05) is 26.3 Å². The number of carbonyl (C=O) groups is 1. The molecule has 0 amide bonds. The molecule has 4 heteroatoms. The van der Waals surface area contributed by atoms with Crippen molar-refractivity contribution in [2.45, 2.75) is 52.2 Å². The molecule has 2 atom stereocenters. The quantitative estimate of drug-likeness (QED) is 0.667. The zero-order valence-corrected chi connectivity index (χ0v) is 11.3. The Morgan fingerprint density at radius 1 is 1.47 bits per heavy atom. The lowest BCUT2D eigenvalue weighted by molar-refractivity contribution is -0.153. The molecule has 0 N–H and O–H groups in total. The van der Waals surface area contributed by atoms with E-state index in [1.807, 2.05) is 6.92 Å². The Kier molecular flexibility index (Phi) is 6.52. The summed E-state index contributed by atoms with van der Waals surface area (Å²) in [6.07, 6.45) is 3.13. The Balaban J connectivity index is 2.58. The Hall–Kier alpha value is -0.610. The van der Waals surface area contributed by atoms with Gasteiger partial charge in [0.1, 0.15) is 6.04 Å². The zero-order valence-electron chi connectivity index (χ0n) is 11.3. The van der Waals surface area contributed by atoms with Crippen molar-refractivity contribution in [1.29, 1.82) is 0 Å². The number of rotatable bonds is 6. The van der Waals surface area contributed by atoms with E-state index in [4.69, 9.17) is 9.47 Å². The van der Waals surface area contributed by atoms with Gasteiger partial charge >= 0.3 is 5.97 Å². The van der Waals surface area contributed by atoms with E-state index in [-0.39, 0.29) is 18.1 Å². The predicted octanol–water partition coefficient (Wildman–Crippen LogP) is 1.83. The van der Waals surface area contributed by atoms with Gasteiger partial charge in [-0.3, -0.25) is 9.69 Å². The standard InChI is InChI=1S/C13H25NO3/c1-4-7-12(13(15)16-6-3)14-8-9-17-11(5-2)10-14/h11-12H,4-10H2,1-3H3. The van der Waals surface area contributed by atoms with E-state index >= 15 is 0 Å². The molecule has 17 heavy (non-hydrogen) atoms. The van der Waals surface area contributed by atoms with Crippen molar-refractivity contribution < 1.29 is 14.3 Å². The topological polar surface area (TPSA) is 38.8 Å². The molecular formula is C13H25NO3.